The molecule has 0 saturated heterocycles. The molecule has 0 aliphatic carbocycles. The summed E-state index contributed by atoms with van der Waals surface area (Å²) >= 11 is 0. The van der Waals surface area contributed by atoms with Crippen LogP contribution in [0.1, 0.15) is 5.69 Å². The minimum Gasteiger partial charge on any atom is -0.456 e. The van der Waals surface area contributed by atoms with Gasteiger partial charge in [-0.05, 0) is 43.3 Å². The predicted molar refractivity (Wildman–Crippen MR) is 144 cm³/mol. The summed E-state index contributed by atoms with van der Waals surface area (Å²) in [6.45, 7) is 2.02. The Balaban J connectivity index is 1.47. The van der Waals surface area contributed by atoms with Crippen LogP contribution >= 0.6 is 0 Å². The largest absolute Gasteiger partial charge is 0.456 e. The normalized spacial score (nSPS) is 12.0. The molecule has 0 spiro atoms. The minimum absolute atomic E-state index is 0.807. The molecule has 0 aliphatic rings. The lowest BCUT2D eigenvalue weighted by Crippen LogP contribution is -1.99. The second-order valence-corrected chi connectivity index (χ2v) is 9.09. The van der Waals surface area contributed by atoms with Crippen molar-refractivity contribution in [3.8, 4) is 17.1 Å². The first-order chi connectivity index (χ1) is 17.8. The van der Waals surface area contributed by atoms with Gasteiger partial charge in [0.05, 0.1) is 28.0 Å². The van der Waals surface area contributed by atoms with E-state index in [1.54, 1.807) is 0 Å². The zero-order valence-electron chi connectivity index (χ0n) is 19.4. The number of benzene rings is 4. The molecule has 4 heterocycles. The maximum Gasteiger partial charge on any atom is 0.149 e. The van der Waals surface area contributed by atoms with Crippen LogP contribution in [-0.4, -0.2) is 14.5 Å². The topological polar surface area (TPSA) is 57.0 Å². The zero-order valence-corrected chi connectivity index (χ0v) is 19.4. The molecule has 36 heavy (non-hydrogen) atoms. The Hall–Kier alpha value is -4.90. The summed E-state index contributed by atoms with van der Waals surface area (Å²) in [5, 5.41) is 4.37. The van der Waals surface area contributed by atoms with Gasteiger partial charge in [0.25, 0.3) is 0 Å². The van der Waals surface area contributed by atoms with Gasteiger partial charge in [-0.3, -0.25) is 9.55 Å². The Morgan fingerprint density at radius 2 is 1.39 bits per heavy atom. The molecule has 5 nitrogen and oxygen atoms in total. The number of aromatic nitrogens is 3. The Labute approximate surface area is 205 Å². The van der Waals surface area contributed by atoms with Crippen LogP contribution in [0.4, 0.5) is 0 Å². The lowest BCUT2D eigenvalue weighted by Gasteiger charge is -2.11. The van der Waals surface area contributed by atoms with Gasteiger partial charge in [0, 0.05) is 33.8 Å². The van der Waals surface area contributed by atoms with Gasteiger partial charge in [-0.2, -0.15) is 0 Å². The first-order valence-corrected chi connectivity index (χ1v) is 11.9. The molecule has 0 saturated carbocycles. The molecule has 8 rings (SSSR count). The van der Waals surface area contributed by atoms with Gasteiger partial charge in [-0.25, -0.2) is 4.98 Å². The molecule has 4 aromatic heterocycles. The smallest absolute Gasteiger partial charge is 0.149 e. The maximum atomic E-state index is 6.38. The number of hydrogen-bond donors (Lipinski definition) is 0. The SMILES string of the molecule is Cc1nccc2nc(-c3cccc4c3oc3ccccc34)n(-c3ccc4c(c3)oc3ccccc34)c12. The summed E-state index contributed by atoms with van der Waals surface area (Å²) in [7, 11) is 0. The molecule has 4 aromatic carbocycles. The standard InChI is InChI=1S/C31H19N3O2/c1-18-29-25(15-16-32-18)33-31(24-10-6-9-23-21-8-3-5-12-27(21)36-30(23)24)34(29)19-13-14-22-20-7-2-4-11-26(20)35-28(22)17-19/h2-17H,1H3. The van der Waals surface area contributed by atoms with Crippen molar-refractivity contribution >= 4 is 54.9 Å². The number of imidazole rings is 1. The third-order valence-corrected chi connectivity index (χ3v) is 7.01. The van der Waals surface area contributed by atoms with Crippen molar-refractivity contribution in [3.05, 3.63) is 103 Å². The molecule has 0 aliphatic heterocycles. The summed E-state index contributed by atoms with van der Waals surface area (Å²) in [5.41, 5.74) is 8.07. The molecule has 0 amide bonds. The number of rotatable bonds is 2. The molecule has 0 N–H and O–H groups in total. The summed E-state index contributed by atoms with van der Waals surface area (Å²) in [4.78, 5) is 9.68. The average Bonchev–Trinajstić information content (AvgIpc) is 3.59. The van der Waals surface area contributed by atoms with E-state index in [1.165, 1.54) is 0 Å². The van der Waals surface area contributed by atoms with Gasteiger partial charge in [0.1, 0.15) is 28.2 Å². The summed E-state index contributed by atoms with van der Waals surface area (Å²) < 4.78 is 14.8. The fraction of sp³-hybridized carbons (Fsp3) is 0.0323. The molecule has 5 heteroatoms. The molecule has 0 bridgehead atoms. The molecular formula is C31H19N3O2. The number of hydrogen-bond acceptors (Lipinski definition) is 4. The van der Waals surface area contributed by atoms with E-state index in [4.69, 9.17) is 13.8 Å². The van der Waals surface area contributed by atoms with Crippen molar-refractivity contribution in [3.63, 3.8) is 0 Å². The van der Waals surface area contributed by atoms with E-state index in [2.05, 4.69) is 58.1 Å². The van der Waals surface area contributed by atoms with Crippen LogP contribution in [0, 0.1) is 6.92 Å². The predicted octanol–water partition coefficient (Wildman–Crippen LogP) is 8.19. The number of aryl methyl sites for hydroxylation is 1. The molecule has 170 valence electrons. The van der Waals surface area contributed by atoms with Gasteiger partial charge in [-0.15, -0.1) is 0 Å². The summed E-state index contributed by atoms with van der Waals surface area (Å²) in [6, 6.07) is 30.8. The van der Waals surface area contributed by atoms with Crippen LogP contribution in [0.2, 0.25) is 0 Å². The van der Waals surface area contributed by atoms with Crippen molar-refractivity contribution in [2.24, 2.45) is 0 Å². The molecule has 0 atom stereocenters. The number of pyridine rings is 1. The van der Waals surface area contributed by atoms with Crippen molar-refractivity contribution in [1.82, 2.24) is 14.5 Å². The quantitative estimate of drug-likeness (QED) is 0.258. The molecule has 8 aromatic rings. The maximum absolute atomic E-state index is 6.38. The number of para-hydroxylation sites is 3. The third-order valence-electron chi connectivity index (χ3n) is 7.01. The Morgan fingerprint density at radius 3 is 2.25 bits per heavy atom. The van der Waals surface area contributed by atoms with E-state index in [0.717, 1.165) is 77.7 Å². The fourth-order valence-electron chi connectivity index (χ4n) is 5.39. The monoisotopic (exact) mass is 465 g/mol. The highest BCUT2D eigenvalue weighted by Gasteiger charge is 2.21. The van der Waals surface area contributed by atoms with Gasteiger partial charge in [0.2, 0.25) is 0 Å². The fourth-order valence-corrected chi connectivity index (χ4v) is 5.39. The molecular weight excluding hydrogens is 446 g/mol. The molecule has 0 radical (unpaired) electrons. The zero-order chi connectivity index (χ0) is 23.8. The van der Waals surface area contributed by atoms with Crippen LogP contribution in [0.3, 0.4) is 0 Å². The van der Waals surface area contributed by atoms with Gasteiger partial charge < -0.3 is 8.83 Å². The van der Waals surface area contributed by atoms with Gasteiger partial charge >= 0.3 is 0 Å². The van der Waals surface area contributed by atoms with E-state index >= 15 is 0 Å². The van der Waals surface area contributed by atoms with Crippen LogP contribution in [0.15, 0.2) is 106 Å². The summed E-state index contributed by atoms with van der Waals surface area (Å²) in [6.07, 6.45) is 1.81. The van der Waals surface area contributed by atoms with E-state index in [-0.39, 0.29) is 0 Å². The van der Waals surface area contributed by atoms with Crippen molar-refractivity contribution < 1.29 is 8.83 Å². The number of furan rings is 2. The van der Waals surface area contributed by atoms with Gasteiger partial charge in [-0.1, -0.05) is 48.5 Å². The van der Waals surface area contributed by atoms with Crippen molar-refractivity contribution in [1.29, 1.82) is 0 Å². The number of nitrogens with zero attached hydrogens (tertiary/aromatic N) is 3. The molecule has 0 fully saturated rings. The minimum atomic E-state index is 0.807. The van der Waals surface area contributed by atoms with E-state index in [9.17, 15) is 0 Å². The van der Waals surface area contributed by atoms with E-state index in [0.29, 0.717) is 0 Å². The third kappa shape index (κ3) is 2.59. The lowest BCUT2D eigenvalue weighted by atomic mass is 10.1. The van der Waals surface area contributed by atoms with Crippen molar-refractivity contribution in [2.45, 2.75) is 6.92 Å². The Kier molecular flexibility index (Phi) is 3.80. The van der Waals surface area contributed by atoms with Crippen LogP contribution < -0.4 is 0 Å². The van der Waals surface area contributed by atoms with Crippen molar-refractivity contribution in [2.75, 3.05) is 0 Å². The summed E-state index contributed by atoms with van der Waals surface area (Å²) in [5.74, 6) is 0.807. The first kappa shape index (κ1) is 19.4. The van der Waals surface area contributed by atoms with Gasteiger partial charge in [0.15, 0.2) is 0 Å². The van der Waals surface area contributed by atoms with E-state index < -0.39 is 0 Å². The highest BCUT2D eigenvalue weighted by atomic mass is 16.3. The highest BCUT2D eigenvalue weighted by molar-refractivity contribution is 6.10. The Morgan fingerprint density at radius 1 is 0.667 bits per heavy atom. The second-order valence-electron chi connectivity index (χ2n) is 9.09. The van der Waals surface area contributed by atoms with E-state index in [1.807, 2.05) is 55.6 Å². The van der Waals surface area contributed by atoms with Crippen LogP contribution in [-0.2, 0) is 0 Å². The van der Waals surface area contributed by atoms with Crippen LogP contribution in [0.25, 0.3) is 72.0 Å². The van der Waals surface area contributed by atoms with Crippen LogP contribution in [0.5, 0.6) is 0 Å². The lowest BCUT2D eigenvalue weighted by molar-refractivity contribution is 0.668. The number of fused-ring (bicyclic) bond motifs is 7. The average molecular weight is 466 g/mol. The first-order valence-electron chi connectivity index (χ1n) is 11.9. The Bertz CT molecular complexity index is 2130. The second kappa shape index (κ2) is 7.06. The highest BCUT2D eigenvalue weighted by Crippen LogP contribution is 2.39. The molecule has 0 unspecified atom stereocenters.